The third kappa shape index (κ3) is 2.82. The van der Waals surface area contributed by atoms with Gasteiger partial charge in [0.05, 0.1) is 6.61 Å². The van der Waals surface area contributed by atoms with Crippen molar-refractivity contribution in [3.63, 3.8) is 0 Å². The van der Waals surface area contributed by atoms with Gasteiger partial charge in [-0.05, 0) is 26.0 Å². The van der Waals surface area contributed by atoms with Crippen molar-refractivity contribution in [3.05, 3.63) is 29.8 Å². The van der Waals surface area contributed by atoms with E-state index >= 15 is 0 Å². The zero-order valence-electron chi connectivity index (χ0n) is 11.5. The monoisotopic (exact) mass is 323 g/mol. The van der Waals surface area contributed by atoms with Crippen LogP contribution in [-0.2, 0) is 0 Å². The lowest BCUT2D eigenvalue weighted by Gasteiger charge is -2.36. The quantitative estimate of drug-likeness (QED) is 0.784. The van der Waals surface area contributed by atoms with Crippen LogP contribution in [0.4, 0.5) is 0 Å². The SMILES string of the molecule is CN(CC1COc2ccccc21)C1CCCCC1Br. The Bertz CT molecular complexity index is 437. The molecule has 2 aliphatic rings. The summed E-state index contributed by atoms with van der Waals surface area (Å²) in [5.41, 5.74) is 1.39. The van der Waals surface area contributed by atoms with Gasteiger partial charge in [-0.2, -0.15) is 0 Å². The van der Waals surface area contributed by atoms with Gasteiger partial charge in [-0.1, -0.05) is 47.0 Å². The van der Waals surface area contributed by atoms with Gasteiger partial charge in [0.2, 0.25) is 0 Å². The molecule has 1 aliphatic carbocycles. The van der Waals surface area contributed by atoms with Crippen LogP contribution >= 0.6 is 15.9 Å². The fourth-order valence-corrected chi connectivity index (χ4v) is 4.42. The Balaban J connectivity index is 1.66. The molecular formula is C16H22BrNO. The lowest BCUT2D eigenvalue weighted by molar-refractivity contribution is 0.180. The molecule has 0 saturated heterocycles. The summed E-state index contributed by atoms with van der Waals surface area (Å²) >= 11 is 3.86. The summed E-state index contributed by atoms with van der Waals surface area (Å²) in [4.78, 5) is 3.19. The summed E-state index contributed by atoms with van der Waals surface area (Å²) in [7, 11) is 2.27. The maximum absolute atomic E-state index is 5.79. The molecule has 3 unspecified atom stereocenters. The summed E-state index contributed by atoms with van der Waals surface area (Å²) in [5.74, 6) is 1.61. The van der Waals surface area contributed by atoms with Crippen molar-refractivity contribution in [3.8, 4) is 5.75 Å². The van der Waals surface area contributed by atoms with Crippen molar-refractivity contribution in [2.75, 3.05) is 20.2 Å². The third-order valence-electron chi connectivity index (χ3n) is 4.52. The molecule has 104 valence electrons. The largest absolute Gasteiger partial charge is 0.493 e. The molecule has 3 rings (SSSR count). The van der Waals surface area contributed by atoms with Crippen molar-refractivity contribution in [1.29, 1.82) is 0 Å². The Labute approximate surface area is 124 Å². The molecule has 0 radical (unpaired) electrons. The number of rotatable bonds is 3. The van der Waals surface area contributed by atoms with Crippen LogP contribution in [0.3, 0.4) is 0 Å². The van der Waals surface area contributed by atoms with Gasteiger partial charge in [-0.15, -0.1) is 0 Å². The minimum absolute atomic E-state index is 0.530. The first kappa shape index (κ1) is 13.4. The minimum Gasteiger partial charge on any atom is -0.493 e. The molecule has 19 heavy (non-hydrogen) atoms. The second kappa shape index (κ2) is 5.84. The molecule has 0 amide bonds. The topological polar surface area (TPSA) is 12.5 Å². The first-order chi connectivity index (χ1) is 9.25. The number of hydrogen-bond donors (Lipinski definition) is 0. The second-order valence-corrected chi connectivity index (χ2v) is 7.03. The number of likely N-dealkylation sites (N-methyl/N-ethyl adjacent to an activating group) is 1. The average Bonchev–Trinajstić information content (AvgIpc) is 2.83. The van der Waals surface area contributed by atoms with Gasteiger partial charge in [-0.3, -0.25) is 0 Å². The van der Waals surface area contributed by atoms with Crippen LogP contribution in [0.25, 0.3) is 0 Å². The summed E-state index contributed by atoms with van der Waals surface area (Å²) < 4.78 is 5.79. The molecule has 1 fully saturated rings. The van der Waals surface area contributed by atoms with Gasteiger partial charge >= 0.3 is 0 Å². The van der Waals surface area contributed by atoms with Crippen LogP contribution in [0.15, 0.2) is 24.3 Å². The van der Waals surface area contributed by atoms with E-state index in [1.54, 1.807) is 0 Å². The van der Waals surface area contributed by atoms with Crippen LogP contribution < -0.4 is 4.74 Å². The van der Waals surface area contributed by atoms with E-state index in [1.807, 2.05) is 0 Å². The minimum atomic E-state index is 0.530. The molecule has 1 heterocycles. The van der Waals surface area contributed by atoms with E-state index in [0.717, 1.165) is 18.9 Å². The van der Waals surface area contributed by atoms with Crippen molar-refractivity contribution in [2.24, 2.45) is 0 Å². The van der Waals surface area contributed by atoms with E-state index in [0.29, 0.717) is 16.8 Å². The molecule has 1 aliphatic heterocycles. The zero-order chi connectivity index (χ0) is 13.2. The molecule has 1 aromatic rings. The summed E-state index contributed by atoms with van der Waals surface area (Å²) in [6, 6.07) is 9.16. The highest BCUT2D eigenvalue weighted by Crippen LogP contribution is 2.35. The van der Waals surface area contributed by atoms with Gasteiger partial charge in [-0.25, -0.2) is 0 Å². The van der Waals surface area contributed by atoms with E-state index < -0.39 is 0 Å². The maximum atomic E-state index is 5.79. The fraction of sp³-hybridized carbons (Fsp3) is 0.625. The van der Waals surface area contributed by atoms with Gasteiger partial charge in [0, 0.05) is 28.9 Å². The number of benzene rings is 1. The standard InChI is InChI=1S/C16H22BrNO/c1-18(15-8-4-3-7-14(15)17)10-12-11-19-16-9-5-2-6-13(12)16/h2,5-6,9,12,14-15H,3-4,7-8,10-11H2,1H3. The van der Waals surface area contributed by atoms with E-state index in [2.05, 4.69) is 52.1 Å². The van der Waals surface area contributed by atoms with E-state index in [9.17, 15) is 0 Å². The highest BCUT2D eigenvalue weighted by molar-refractivity contribution is 9.09. The second-order valence-electron chi connectivity index (χ2n) is 5.85. The first-order valence-corrected chi connectivity index (χ1v) is 8.23. The molecule has 1 aromatic carbocycles. The predicted molar refractivity (Wildman–Crippen MR) is 82.3 cm³/mol. The van der Waals surface area contributed by atoms with Gasteiger partial charge in [0.15, 0.2) is 0 Å². The van der Waals surface area contributed by atoms with E-state index in [1.165, 1.54) is 31.2 Å². The van der Waals surface area contributed by atoms with Gasteiger partial charge in [0.25, 0.3) is 0 Å². The highest BCUT2D eigenvalue weighted by Gasteiger charge is 2.30. The van der Waals surface area contributed by atoms with E-state index in [-0.39, 0.29) is 0 Å². The normalized spacial score (nSPS) is 30.2. The molecular weight excluding hydrogens is 302 g/mol. The number of hydrogen-bond acceptors (Lipinski definition) is 2. The molecule has 0 aromatic heterocycles. The summed E-state index contributed by atoms with van der Waals surface area (Å²) in [6.45, 7) is 1.94. The van der Waals surface area contributed by atoms with Crippen molar-refractivity contribution in [1.82, 2.24) is 4.90 Å². The summed E-state index contributed by atoms with van der Waals surface area (Å²) in [6.07, 6.45) is 5.37. The van der Waals surface area contributed by atoms with E-state index in [4.69, 9.17) is 4.74 Å². The number of ether oxygens (including phenoxy) is 1. The Kier molecular flexibility index (Phi) is 4.13. The maximum Gasteiger partial charge on any atom is 0.122 e. The zero-order valence-corrected chi connectivity index (χ0v) is 13.1. The molecule has 3 atom stereocenters. The van der Waals surface area contributed by atoms with Crippen molar-refractivity contribution < 1.29 is 4.74 Å². The molecule has 0 bridgehead atoms. The Morgan fingerprint density at radius 2 is 2.05 bits per heavy atom. The molecule has 0 N–H and O–H groups in total. The van der Waals surface area contributed by atoms with Crippen LogP contribution in [0.2, 0.25) is 0 Å². The Hall–Kier alpha value is -0.540. The lowest BCUT2D eigenvalue weighted by atomic mass is 9.93. The van der Waals surface area contributed by atoms with Crippen molar-refractivity contribution in [2.45, 2.75) is 42.5 Å². The summed E-state index contributed by atoms with van der Waals surface area (Å²) in [5, 5.41) is 0. The van der Waals surface area contributed by atoms with Gasteiger partial charge in [0.1, 0.15) is 5.75 Å². The molecule has 2 nitrogen and oxygen atoms in total. The van der Waals surface area contributed by atoms with Crippen LogP contribution in [0, 0.1) is 0 Å². The van der Waals surface area contributed by atoms with Crippen LogP contribution in [0.5, 0.6) is 5.75 Å². The smallest absolute Gasteiger partial charge is 0.122 e. The number of nitrogens with zero attached hydrogens (tertiary/aromatic N) is 1. The number of halogens is 1. The molecule has 1 saturated carbocycles. The Morgan fingerprint density at radius 1 is 1.26 bits per heavy atom. The van der Waals surface area contributed by atoms with Crippen LogP contribution in [0.1, 0.15) is 37.2 Å². The lowest BCUT2D eigenvalue weighted by Crippen LogP contribution is -2.42. The number of para-hydroxylation sites is 1. The molecule has 3 heteroatoms. The third-order valence-corrected chi connectivity index (χ3v) is 5.59. The first-order valence-electron chi connectivity index (χ1n) is 7.32. The predicted octanol–water partition coefficient (Wildman–Crippen LogP) is 3.80. The fourth-order valence-electron chi connectivity index (χ4n) is 3.43. The Morgan fingerprint density at radius 3 is 2.89 bits per heavy atom. The highest BCUT2D eigenvalue weighted by atomic mass is 79.9. The molecule has 0 spiro atoms. The van der Waals surface area contributed by atoms with Gasteiger partial charge < -0.3 is 9.64 Å². The number of fused-ring (bicyclic) bond motifs is 1. The van der Waals surface area contributed by atoms with Crippen molar-refractivity contribution >= 4 is 15.9 Å². The van der Waals surface area contributed by atoms with Crippen LogP contribution in [-0.4, -0.2) is 36.0 Å². The number of alkyl halides is 1. The average molecular weight is 324 g/mol.